The Kier molecular flexibility index (Phi) is 13.4. The van der Waals surface area contributed by atoms with Gasteiger partial charge in [0.15, 0.2) is 0 Å². The van der Waals surface area contributed by atoms with Gasteiger partial charge >= 0.3 is 0 Å². The molecule has 4 atom stereocenters. The van der Waals surface area contributed by atoms with Gasteiger partial charge in [-0.05, 0) is 70.8 Å². The minimum absolute atomic E-state index is 0. The van der Waals surface area contributed by atoms with Gasteiger partial charge in [0.25, 0.3) is 0 Å². The van der Waals surface area contributed by atoms with Crippen molar-refractivity contribution in [2.75, 3.05) is 39.6 Å². The first-order valence-corrected chi connectivity index (χ1v) is 15.5. The van der Waals surface area contributed by atoms with Gasteiger partial charge in [-0.2, -0.15) is 27.0 Å². The van der Waals surface area contributed by atoms with Crippen LogP contribution in [-0.4, -0.2) is 70.7 Å². The maximum Gasteiger partial charge on any atom is 0.139 e. The highest BCUT2D eigenvalue weighted by Gasteiger charge is 2.57. The number of halogens is 4. The summed E-state index contributed by atoms with van der Waals surface area (Å²) in [6.07, 6.45) is -1.85. The molecule has 8 nitrogen and oxygen atoms in total. The van der Waals surface area contributed by atoms with E-state index >= 15 is 0 Å². The Morgan fingerprint density at radius 3 is 0.824 bits per heavy atom. The van der Waals surface area contributed by atoms with Gasteiger partial charge in [-0.3, -0.25) is 0 Å². The zero-order valence-electron chi connectivity index (χ0n) is 26.7. The van der Waals surface area contributed by atoms with E-state index in [4.69, 9.17) is 18.9 Å². The molecule has 276 valence electrons. The highest BCUT2D eigenvalue weighted by atomic mass is 32.1. The van der Waals surface area contributed by atoms with Crippen LogP contribution < -0.4 is 0 Å². The molecule has 4 aromatic rings. The van der Waals surface area contributed by atoms with Gasteiger partial charge in [-0.25, -0.2) is 27.4 Å². The Balaban J connectivity index is 0.000000216. The third-order valence-electron chi connectivity index (χ3n) is 9.35. The van der Waals surface area contributed by atoms with Gasteiger partial charge in [0.05, 0.1) is 50.7 Å². The molecule has 4 saturated heterocycles. The topological polar surface area (TPSA) is 83.9 Å². The summed E-state index contributed by atoms with van der Waals surface area (Å²) in [6, 6.07) is 24.3. The monoisotopic (exact) mass is 750 g/mol. The van der Waals surface area contributed by atoms with Crippen LogP contribution in [0.25, 0.3) is 0 Å². The summed E-state index contributed by atoms with van der Waals surface area (Å²) in [4.78, 5) is 3.90. The van der Waals surface area contributed by atoms with Crippen molar-refractivity contribution in [1.29, 1.82) is 0 Å². The van der Waals surface area contributed by atoms with Crippen molar-refractivity contribution in [3.05, 3.63) is 143 Å². The van der Waals surface area contributed by atoms with E-state index in [0.717, 1.165) is 22.3 Å². The number of fused-ring (bicyclic) bond motifs is 2. The molecule has 4 aliphatic rings. The lowest BCUT2D eigenvalue weighted by atomic mass is 10.0. The molecular formula is C37H42F4N2O6S2. The minimum Gasteiger partial charge on any atom is -0.394 e. The van der Waals surface area contributed by atoms with Crippen LogP contribution in [0.1, 0.15) is 54.6 Å². The van der Waals surface area contributed by atoms with Crippen LogP contribution in [0, 0.1) is 23.3 Å². The van der Waals surface area contributed by atoms with E-state index in [1.54, 1.807) is 48.5 Å². The average Bonchev–Trinajstić information content (AvgIpc) is 3.86. The molecular weight excluding hydrogens is 709 g/mol. The van der Waals surface area contributed by atoms with Crippen LogP contribution in [0.3, 0.4) is 0 Å². The molecule has 4 aliphatic heterocycles. The highest BCUT2D eigenvalue weighted by Crippen LogP contribution is 2.50. The van der Waals surface area contributed by atoms with Gasteiger partial charge in [-0.1, -0.05) is 56.0 Å². The first-order chi connectivity index (χ1) is 23.3. The van der Waals surface area contributed by atoms with Crippen molar-refractivity contribution in [3.63, 3.8) is 0 Å². The molecule has 0 spiro atoms. The molecule has 8 rings (SSSR count). The van der Waals surface area contributed by atoms with Crippen molar-refractivity contribution in [3.8, 4) is 0 Å². The SMILES string of the molecule is C.OCC12CO[C@@H](c3ccc(F)cc3)N1[C@H](c1ccc(F)cc1)OC2.OCC12CO[C@H](c3ccc(F)cc3)N1[C@@H](c1ccc(F)cc1)OC2.S.S. The fourth-order valence-electron chi connectivity index (χ4n) is 6.76. The van der Waals surface area contributed by atoms with Gasteiger partial charge in [0.2, 0.25) is 0 Å². The van der Waals surface area contributed by atoms with E-state index in [-0.39, 0.29) is 70.9 Å². The van der Waals surface area contributed by atoms with Crippen LogP contribution >= 0.6 is 27.0 Å². The zero-order valence-corrected chi connectivity index (χ0v) is 28.7. The average molecular weight is 751 g/mol. The number of aliphatic hydroxyl groups excluding tert-OH is 2. The molecule has 0 saturated carbocycles. The fourth-order valence-corrected chi connectivity index (χ4v) is 6.76. The lowest BCUT2D eigenvalue weighted by Crippen LogP contribution is -2.47. The number of rotatable bonds is 6. The molecule has 0 unspecified atom stereocenters. The maximum atomic E-state index is 13.2. The smallest absolute Gasteiger partial charge is 0.139 e. The Morgan fingerprint density at radius 1 is 0.451 bits per heavy atom. The van der Waals surface area contributed by atoms with Crippen molar-refractivity contribution < 1.29 is 46.7 Å². The van der Waals surface area contributed by atoms with E-state index in [1.807, 2.05) is 9.80 Å². The number of nitrogens with zero attached hydrogens (tertiary/aromatic N) is 2. The Hall–Kier alpha value is -3.02. The summed E-state index contributed by atoms with van der Waals surface area (Å²) in [5.41, 5.74) is 1.82. The molecule has 2 N–H and O–H groups in total. The van der Waals surface area contributed by atoms with Crippen LogP contribution in [-0.2, 0) is 18.9 Å². The molecule has 0 aromatic heterocycles. The third kappa shape index (κ3) is 7.72. The molecule has 0 bridgehead atoms. The van der Waals surface area contributed by atoms with E-state index in [0.29, 0.717) is 26.4 Å². The summed E-state index contributed by atoms with van der Waals surface area (Å²) in [6.45, 7) is 0.990. The van der Waals surface area contributed by atoms with Gasteiger partial charge < -0.3 is 29.2 Å². The summed E-state index contributed by atoms with van der Waals surface area (Å²) >= 11 is 0. The van der Waals surface area contributed by atoms with Crippen LogP contribution in [0.2, 0.25) is 0 Å². The molecule has 4 fully saturated rings. The number of hydrogen-bond acceptors (Lipinski definition) is 8. The second-order valence-corrected chi connectivity index (χ2v) is 12.4. The normalized spacial score (nSPS) is 24.3. The Morgan fingerprint density at radius 2 is 0.647 bits per heavy atom. The number of aliphatic hydroxyl groups is 2. The quantitative estimate of drug-likeness (QED) is 0.220. The third-order valence-corrected chi connectivity index (χ3v) is 9.35. The molecule has 0 radical (unpaired) electrons. The van der Waals surface area contributed by atoms with Crippen LogP contribution in [0.5, 0.6) is 0 Å². The number of benzene rings is 4. The van der Waals surface area contributed by atoms with Crippen molar-refractivity contribution in [2.45, 2.75) is 43.4 Å². The van der Waals surface area contributed by atoms with E-state index < -0.39 is 36.0 Å². The largest absolute Gasteiger partial charge is 0.394 e. The van der Waals surface area contributed by atoms with Crippen molar-refractivity contribution in [2.24, 2.45) is 0 Å². The molecule has 51 heavy (non-hydrogen) atoms. The fraction of sp³-hybridized carbons (Fsp3) is 0.351. The standard InChI is InChI=1S/2C18H17F2NO3.CH4.2H2S/c2*19-14-5-1-12(2-6-14)16-21-17(13-3-7-15(20)8-4-13)24-11-18(21,9-22)10-23-16;;;/h2*1-8,16-17,22H,9-11H2;1H4;2*1H2/t2*16-,17-;;;/m10.../s1. The summed E-state index contributed by atoms with van der Waals surface area (Å²) < 4.78 is 76.5. The Labute approximate surface area is 308 Å². The molecule has 0 aliphatic carbocycles. The summed E-state index contributed by atoms with van der Waals surface area (Å²) in [7, 11) is 0. The van der Waals surface area contributed by atoms with Gasteiger partial charge in [0.1, 0.15) is 48.2 Å². The van der Waals surface area contributed by atoms with E-state index in [1.165, 1.54) is 48.5 Å². The molecule has 0 amide bonds. The van der Waals surface area contributed by atoms with Crippen molar-refractivity contribution in [1.82, 2.24) is 9.80 Å². The maximum absolute atomic E-state index is 13.2. The van der Waals surface area contributed by atoms with Crippen LogP contribution in [0.4, 0.5) is 17.6 Å². The molecule has 4 aromatic carbocycles. The first kappa shape index (κ1) is 40.7. The number of ether oxygens (including phenoxy) is 4. The lowest BCUT2D eigenvalue weighted by molar-refractivity contribution is -0.0632. The van der Waals surface area contributed by atoms with Crippen LogP contribution in [0.15, 0.2) is 97.1 Å². The summed E-state index contributed by atoms with van der Waals surface area (Å²) in [5, 5.41) is 19.8. The first-order valence-electron chi connectivity index (χ1n) is 15.5. The van der Waals surface area contributed by atoms with Gasteiger partial charge in [0, 0.05) is 0 Å². The second-order valence-electron chi connectivity index (χ2n) is 12.4. The summed E-state index contributed by atoms with van der Waals surface area (Å²) in [5.74, 6) is -1.29. The molecule has 14 heteroatoms. The predicted octanol–water partition coefficient (Wildman–Crippen LogP) is 6.37. The minimum atomic E-state index is -0.655. The van der Waals surface area contributed by atoms with Gasteiger partial charge in [-0.15, -0.1) is 0 Å². The zero-order chi connectivity index (χ0) is 33.5. The van der Waals surface area contributed by atoms with E-state index in [2.05, 4.69) is 0 Å². The Bertz CT molecular complexity index is 1460. The van der Waals surface area contributed by atoms with E-state index in [9.17, 15) is 27.8 Å². The lowest BCUT2D eigenvalue weighted by Gasteiger charge is -2.33. The highest BCUT2D eigenvalue weighted by molar-refractivity contribution is 7.59. The molecule has 4 heterocycles. The number of hydrogen-bond donors (Lipinski definition) is 2. The van der Waals surface area contributed by atoms with Crippen molar-refractivity contribution >= 4 is 27.0 Å². The second kappa shape index (κ2) is 16.8. The predicted molar refractivity (Wildman–Crippen MR) is 191 cm³/mol.